The second-order valence-electron chi connectivity index (χ2n) is 6.06. The molecule has 1 aromatic carbocycles. The summed E-state index contributed by atoms with van der Waals surface area (Å²) < 4.78 is 1.82. The molecule has 1 amide bonds. The first-order chi connectivity index (χ1) is 13.3. The van der Waals surface area contributed by atoms with E-state index in [4.69, 9.17) is 0 Å². The smallest absolute Gasteiger partial charge is 0.255 e. The standard InChI is InChI=1S/C21H18N4OS/c26-21(23-13-17-9-4-5-11-22-17)18-15-25(14-16-7-2-1-3-8-16)24-20(18)19-10-6-12-27-19/h1-12,15H,13-14H2,(H,23,26). The third kappa shape index (κ3) is 4.12. The molecule has 0 fully saturated rings. The normalized spacial score (nSPS) is 10.7. The Morgan fingerprint density at radius 2 is 1.89 bits per heavy atom. The second kappa shape index (κ2) is 7.97. The average Bonchev–Trinajstić information content (AvgIpc) is 3.37. The first-order valence-electron chi connectivity index (χ1n) is 8.63. The molecule has 6 heteroatoms. The van der Waals surface area contributed by atoms with Crippen LogP contribution in [0.5, 0.6) is 0 Å². The van der Waals surface area contributed by atoms with Crippen LogP contribution in [-0.2, 0) is 13.1 Å². The molecule has 0 saturated heterocycles. The summed E-state index contributed by atoms with van der Waals surface area (Å²) >= 11 is 1.57. The lowest BCUT2D eigenvalue weighted by molar-refractivity contribution is 0.0951. The van der Waals surface area contributed by atoms with Gasteiger partial charge < -0.3 is 5.32 Å². The molecule has 4 rings (SSSR count). The summed E-state index contributed by atoms with van der Waals surface area (Å²) in [5.41, 5.74) is 3.24. The van der Waals surface area contributed by atoms with Crippen LogP contribution >= 0.6 is 11.3 Å². The Morgan fingerprint density at radius 1 is 1.04 bits per heavy atom. The van der Waals surface area contributed by atoms with Crippen molar-refractivity contribution >= 4 is 17.2 Å². The molecule has 0 bridgehead atoms. The van der Waals surface area contributed by atoms with Gasteiger partial charge in [0.1, 0.15) is 5.69 Å². The first-order valence-corrected chi connectivity index (χ1v) is 9.51. The number of aromatic nitrogens is 3. The highest BCUT2D eigenvalue weighted by molar-refractivity contribution is 7.13. The molecule has 0 saturated carbocycles. The Kier molecular flexibility index (Phi) is 5.07. The SMILES string of the molecule is O=C(NCc1ccccn1)c1cn(Cc2ccccc2)nc1-c1cccs1. The number of hydrogen-bond acceptors (Lipinski definition) is 4. The molecule has 0 atom stereocenters. The van der Waals surface area contributed by atoms with Crippen LogP contribution in [0.25, 0.3) is 10.6 Å². The molecule has 27 heavy (non-hydrogen) atoms. The van der Waals surface area contributed by atoms with Crippen LogP contribution in [-0.4, -0.2) is 20.7 Å². The number of benzene rings is 1. The summed E-state index contributed by atoms with van der Waals surface area (Å²) in [6.45, 7) is 1.00. The minimum atomic E-state index is -0.150. The average molecular weight is 374 g/mol. The van der Waals surface area contributed by atoms with Gasteiger partial charge in [-0.05, 0) is 29.1 Å². The van der Waals surface area contributed by atoms with Crippen molar-refractivity contribution in [2.45, 2.75) is 13.1 Å². The number of carbonyl (C=O) groups is 1. The van der Waals surface area contributed by atoms with Gasteiger partial charge in [-0.25, -0.2) is 0 Å². The van der Waals surface area contributed by atoms with Crippen LogP contribution in [0.15, 0.2) is 78.4 Å². The molecule has 1 N–H and O–H groups in total. The Labute approximate surface area is 161 Å². The van der Waals surface area contributed by atoms with Crippen molar-refractivity contribution in [3.8, 4) is 10.6 Å². The molecule has 0 aliphatic carbocycles. The number of nitrogens with zero attached hydrogens (tertiary/aromatic N) is 3. The van der Waals surface area contributed by atoms with Crippen molar-refractivity contribution in [1.82, 2.24) is 20.1 Å². The van der Waals surface area contributed by atoms with E-state index in [1.54, 1.807) is 17.5 Å². The van der Waals surface area contributed by atoms with E-state index >= 15 is 0 Å². The van der Waals surface area contributed by atoms with Crippen molar-refractivity contribution in [2.75, 3.05) is 0 Å². The van der Waals surface area contributed by atoms with E-state index < -0.39 is 0 Å². The maximum atomic E-state index is 12.8. The van der Waals surface area contributed by atoms with Gasteiger partial charge in [0.05, 0.1) is 29.2 Å². The molecule has 0 aliphatic heterocycles. The van der Waals surface area contributed by atoms with Gasteiger partial charge in [0.2, 0.25) is 0 Å². The lowest BCUT2D eigenvalue weighted by atomic mass is 10.2. The number of carbonyl (C=O) groups excluding carboxylic acids is 1. The zero-order chi connectivity index (χ0) is 18.5. The van der Waals surface area contributed by atoms with Crippen molar-refractivity contribution in [3.05, 3.63) is 95.3 Å². The van der Waals surface area contributed by atoms with Gasteiger partial charge >= 0.3 is 0 Å². The summed E-state index contributed by atoms with van der Waals surface area (Å²) in [7, 11) is 0. The van der Waals surface area contributed by atoms with Gasteiger partial charge in [-0.2, -0.15) is 5.10 Å². The fraction of sp³-hybridized carbons (Fsp3) is 0.0952. The third-order valence-electron chi connectivity index (χ3n) is 4.10. The Morgan fingerprint density at radius 3 is 2.63 bits per heavy atom. The van der Waals surface area contributed by atoms with Crippen molar-refractivity contribution in [1.29, 1.82) is 0 Å². The van der Waals surface area contributed by atoms with Crippen molar-refractivity contribution < 1.29 is 4.79 Å². The lowest BCUT2D eigenvalue weighted by Crippen LogP contribution is -2.23. The number of rotatable bonds is 6. The zero-order valence-corrected chi connectivity index (χ0v) is 15.4. The van der Waals surface area contributed by atoms with Gasteiger partial charge in [0.15, 0.2) is 0 Å². The van der Waals surface area contributed by atoms with Gasteiger partial charge in [-0.3, -0.25) is 14.5 Å². The molecule has 0 unspecified atom stereocenters. The molecular formula is C21H18N4OS. The summed E-state index contributed by atoms with van der Waals surface area (Å²) in [4.78, 5) is 18.0. The van der Waals surface area contributed by atoms with E-state index in [1.165, 1.54) is 0 Å². The van der Waals surface area contributed by atoms with Crippen LogP contribution in [0.1, 0.15) is 21.6 Å². The fourth-order valence-electron chi connectivity index (χ4n) is 2.80. The maximum Gasteiger partial charge on any atom is 0.255 e. The van der Waals surface area contributed by atoms with Gasteiger partial charge in [-0.15, -0.1) is 11.3 Å². The van der Waals surface area contributed by atoms with Crippen molar-refractivity contribution in [3.63, 3.8) is 0 Å². The Balaban J connectivity index is 1.59. The highest BCUT2D eigenvalue weighted by Gasteiger charge is 2.18. The van der Waals surface area contributed by atoms with Crippen LogP contribution < -0.4 is 5.32 Å². The zero-order valence-electron chi connectivity index (χ0n) is 14.6. The molecule has 0 radical (unpaired) electrons. The molecule has 4 aromatic rings. The number of pyridine rings is 1. The quantitative estimate of drug-likeness (QED) is 0.555. The highest BCUT2D eigenvalue weighted by Crippen LogP contribution is 2.27. The maximum absolute atomic E-state index is 12.8. The van der Waals surface area contributed by atoms with E-state index in [1.807, 2.05) is 76.9 Å². The van der Waals surface area contributed by atoms with E-state index in [2.05, 4.69) is 15.4 Å². The van der Waals surface area contributed by atoms with E-state index in [-0.39, 0.29) is 5.91 Å². The van der Waals surface area contributed by atoms with Crippen LogP contribution in [0, 0.1) is 0 Å². The summed E-state index contributed by atoms with van der Waals surface area (Å²) in [6, 6.07) is 19.7. The van der Waals surface area contributed by atoms with Crippen LogP contribution in [0.3, 0.4) is 0 Å². The predicted octanol–water partition coefficient (Wildman–Crippen LogP) is 3.98. The summed E-state index contributed by atoms with van der Waals surface area (Å²) in [5.74, 6) is -0.150. The number of hydrogen-bond donors (Lipinski definition) is 1. The summed E-state index contributed by atoms with van der Waals surface area (Å²) in [6.07, 6.45) is 3.53. The van der Waals surface area contributed by atoms with Gasteiger partial charge in [0, 0.05) is 12.4 Å². The first kappa shape index (κ1) is 17.2. The minimum absolute atomic E-state index is 0.150. The van der Waals surface area contributed by atoms with Gasteiger partial charge in [-0.1, -0.05) is 42.5 Å². The minimum Gasteiger partial charge on any atom is -0.346 e. The number of amides is 1. The molecule has 3 aromatic heterocycles. The fourth-order valence-corrected chi connectivity index (χ4v) is 3.53. The second-order valence-corrected chi connectivity index (χ2v) is 7.00. The predicted molar refractivity (Wildman–Crippen MR) is 106 cm³/mol. The number of nitrogens with one attached hydrogen (secondary N) is 1. The van der Waals surface area contributed by atoms with Crippen LogP contribution in [0.2, 0.25) is 0 Å². The molecule has 134 valence electrons. The van der Waals surface area contributed by atoms with E-state index in [9.17, 15) is 4.79 Å². The van der Waals surface area contributed by atoms with Gasteiger partial charge in [0.25, 0.3) is 5.91 Å². The summed E-state index contributed by atoms with van der Waals surface area (Å²) in [5, 5.41) is 9.61. The lowest BCUT2D eigenvalue weighted by Gasteiger charge is -2.04. The van der Waals surface area contributed by atoms with E-state index in [0.717, 1.165) is 16.1 Å². The largest absolute Gasteiger partial charge is 0.346 e. The van der Waals surface area contributed by atoms with Crippen LogP contribution in [0.4, 0.5) is 0 Å². The molecule has 5 nitrogen and oxygen atoms in total. The Hall–Kier alpha value is -3.25. The molecular weight excluding hydrogens is 356 g/mol. The number of thiophene rings is 1. The molecule has 0 aliphatic rings. The molecule has 3 heterocycles. The molecule has 0 spiro atoms. The topological polar surface area (TPSA) is 59.8 Å². The highest BCUT2D eigenvalue weighted by atomic mass is 32.1. The van der Waals surface area contributed by atoms with Crippen molar-refractivity contribution in [2.24, 2.45) is 0 Å². The third-order valence-corrected chi connectivity index (χ3v) is 4.98. The van der Waals surface area contributed by atoms with E-state index in [0.29, 0.717) is 24.3 Å². The Bertz CT molecular complexity index is 1010. The monoisotopic (exact) mass is 374 g/mol.